The van der Waals surface area contributed by atoms with Crippen LogP contribution in [0.5, 0.6) is 0 Å². The number of carbonyl (C=O) groups excluding carboxylic acids is 2. The van der Waals surface area contributed by atoms with Gasteiger partial charge in [-0.2, -0.15) is 0 Å². The van der Waals surface area contributed by atoms with Crippen molar-refractivity contribution >= 4 is 29.4 Å². The molecule has 0 saturated heterocycles. The number of anilines is 1. The second kappa shape index (κ2) is 13.4. The number of carboxylic acids is 1. The van der Waals surface area contributed by atoms with Gasteiger partial charge >= 0.3 is 11.9 Å². The Morgan fingerprint density at radius 3 is 2.15 bits per heavy atom. The Bertz CT molecular complexity index is 1320. The molecule has 0 spiro atoms. The molecule has 208 valence electrons. The van der Waals surface area contributed by atoms with E-state index in [1.54, 1.807) is 4.90 Å². The quantitative estimate of drug-likeness (QED) is 0.156. The van der Waals surface area contributed by atoms with Gasteiger partial charge in [-0.05, 0) is 54.5 Å². The molecule has 1 aliphatic heterocycles. The lowest BCUT2D eigenvalue weighted by atomic mass is 9.95. The Hall–Kier alpha value is -4.66. The van der Waals surface area contributed by atoms with Crippen LogP contribution in [0.15, 0.2) is 78.9 Å². The topological polar surface area (TPSA) is 144 Å². The number of carboxylic acid groups (broad SMARTS) is 1. The maximum Gasteiger partial charge on any atom is 0.338 e. The molecule has 9 heteroatoms. The van der Waals surface area contributed by atoms with Crippen molar-refractivity contribution in [2.75, 3.05) is 24.5 Å². The summed E-state index contributed by atoms with van der Waals surface area (Å²) in [6, 6.07) is 24.7. The number of guanidine groups is 1. The molecule has 0 aromatic heterocycles. The van der Waals surface area contributed by atoms with Crippen LogP contribution < -0.4 is 21.4 Å². The average molecular weight is 543 g/mol. The number of rotatable bonds is 12. The fourth-order valence-electron chi connectivity index (χ4n) is 5.06. The van der Waals surface area contributed by atoms with Crippen LogP contribution in [0.2, 0.25) is 0 Å². The first-order valence-corrected chi connectivity index (χ1v) is 13.5. The molecule has 0 bridgehead atoms. The molecule has 2 amide bonds. The van der Waals surface area contributed by atoms with Crippen molar-refractivity contribution in [3.05, 3.63) is 101 Å². The second-order valence-electron chi connectivity index (χ2n) is 9.90. The first-order chi connectivity index (χ1) is 19.3. The normalized spacial score (nSPS) is 13.2. The minimum atomic E-state index is -1.02. The Morgan fingerprint density at radius 1 is 0.900 bits per heavy atom. The van der Waals surface area contributed by atoms with Gasteiger partial charge in [0.15, 0.2) is 0 Å². The lowest BCUT2D eigenvalue weighted by Gasteiger charge is -2.33. The van der Waals surface area contributed by atoms with Gasteiger partial charge in [-0.25, -0.2) is 0 Å². The van der Waals surface area contributed by atoms with Gasteiger partial charge in [0.1, 0.15) is 6.54 Å². The highest BCUT2D eigenvalue weighted by Gasteiger charge is 2.37. The Labute approximate surface area is 234 Å². The van der Waals surface area contributed by atoms with Gasteiger partial charge in [0, 0.05) is 6.54 Å². The molecule has 3 aromatic rings. The predicted octanol–water partition coefficient (Wildman–Crippen LogP) is 1.81. The number of nitrogens with one attached hydrogen (secondary N) is 1. The van der Waals surface area contributed by atoms with E-state index < -0.39 is 12.0 Å². The van der Waals surface area contributed by atoms with E-state index in [0.717, 1.165) is 42.4 Å². The predicted molar refractivity (Wildman–Crippen MR) is 154 cm³/mol. The van der Waals surface area contributed by atoms with Crippen molar-refractivity contribution in [1.82, 2.24) is 4.90 Å². The highest BCUT2D eigenvalue weighted by Crippen LogP contribution is 2.37. The maximum atomic E-state index is 13.9. The smallest absolute Gasteiger partial charge is 0.338 e. The number of hydrogen-bond donors (Lipinski definition) is 4. The van der Waals surface area contributed by atoms with Crippen molar-refractivity contribution < 1.29 is 24.5 Å². The average Bonchev–Trinajstić information content (AvgIpc) is 3.05. The minimum absolute atomic E-state index is 0.0486. The molecule has 40 heavy (non-hydrogen) atoms. The molecule has 3 aromatic carbocycles. The number of nitrogens with two attached hydrogens (primary N) is 2. The number of nitrogens with zero attached hydrogens (tertiary/aromatic N) is 2. The summed E-state index contributed by atoms with van der Waals surface area (Å²) in [4.78, 5) is 45.0. The van der Waals surface area contributed by atoms with Crippen LogP contribution >= 0.6 is 0 Å². The van der Waals surface area contributed by atoms with Crippen LogP contribution in [0, 0.1) is 0 Å². The second-order valence-corrected chi connectivity index (χ2v) is 9.90. The van der Waals surface area contributed by atoms with Gasteiger partial charge in [0.05, 0.1) is 30.3 Å². The number of amides is 2. The summed E-state index contributed by atoms with van der Waals surface area (Å²) in [6.07, 6.45) is 3.27. The molecular weight excluding hydrogens is 506 g/mol. The number of aryl methyl sites for hydroxylation is 1. The van der Waals surface area contributed by atoms with Crippen molar-refractivity contribution in [1.29, 1.82) is 0 Å². The number of aliphatic carboxylic acids is 1. The van der Waals surface area contributed by atoms with E-state index in [9.17, 15) is 19.5 Å². The zero-order chi connectivity index (χ0) is 28.5. The number of benzene rings is 3. The highest BCUT2D eigenvalue weighted by atomic mass is 16.4. The van der Waals surface area contributed by atoms with Gasteiger partial charge < -0.3 is 10.0 Å². The van der Waals surface area contributed by atoms with Gasteiger partial charge in [-0.3, -0.25) is 35.7 Å². The van der Waals surface area contributed by atoms with Gasteiger partial charge in [-0.1, -0.05) is 66.7 Å². The minimum Gasteiger partial charge on any atom is -0.481 e. The summed E-state index contributed by atoms with van der Waals surface area (Å²) in [6.45, 7) is 0.439. The lowest BCUT2D eigenvalue weighted by molar-refractivity contribution is -0.459. The fraction of sp³-hybridized carbons (Fsp3) is 0.290. The molecular formula is C31H36N5O4+. The molecule has 0 aliphatic carbocycles. The third-order valence-electron chi connectivity index (χ3n) is 6.99. The van der Waals surface area contributed by atoms with Crippen LogP contribution in [-0.2, 0) is 16.0 Å². The number of fused-ring (bicyclic) bond motifs is 1. The van der Waals surface area contributed by atoms with Crippen molar-refractivity contribution in [2.45, 2.75) is 38.1 Å². The number of carbonyl (C=O) groups is 3. The van der Waals surface area contributed by atoms with E-state index >= 15 is 0 Å². The number of unbranched alkanes of at least 4 members (excludes halogenated alkanes) is 2. The summed E-state index contributed by atoms with van der Waals surface area (Å²) in [5, 5.41) is 9.28. The molecule has 1 heterocycles. The van der Waals surface area contributed by atoms with Crippen LogP contribution in [-0.4, -0.2) is 53.4 Å². The zero-order valence-corrected chi connectivity index (χ0v) is 22.5. The van der Waals surface area contributed by atoms with E-state index in [0.29, 0.717) is 17.8 Å². The van der Waals surface area contributed by atoms with E-state index in [-0.39, 0.29) is 37.3 Å². The van der Waals surface area contributed by atoms with E-state index in [4.69, 9.17) is 11.5 Å². The Morgan fingerprint density at radius 2 is 1.55 bits per heavy atom. The summed E-state index contributed by atoms with van der Waals surface area (Å²) in [5.74, 6) is -1.43. The van der Waals surface area contributed by atoms with Crippen molar-refractivity contribution in [3.63, 3.8) is 0 Å². The van der Waals surface area contributed by atoms with Crippen molar-refractivity contribution in [3.8, 4) is 0 Å². The molecule has 0 atom stereocenters. The fourth-order valence-corrected chi connectivity index (χ4v) is 5.06. The molecule has 0 fully saturated rings. The molecule has 4 rings (SSSR count). The summed E-state index contributed by atoms with van der Waals surface area (Å²) in [7, 11) is 0. The molecule has 0 unspecified atom stereocenters. The van der Waals surface area contributed by atoms with Crippen LogP contribution in [0.1, 0.15) is 58.8 Å². The van der Waals surface area contributed by atoms with Gasteiger partial charge in [0.2, 0.25) is 5.91 Å². The maximum absolute atomic E-state index is 13.9. The monoisotopic (exact) mass is 542 g/mol. The third-order valence-corrected chi connectivity index (χ3v) is 6.99. The molecule has 6 N–H and O–H groups in total. The first kappa shape index (κ1) is 28.4. The molecule has 0 radical (unpaired) electrons. The van der Waals surface area contributed by atoms with Crippen molar-refractivity contribution in [2.24, 2.45) is 11.5 Å². The van der Waals surface area contributed by atoms with Crippen LogP contribution in [0.3, 0.4) is 0 Å². The Kier molecular flexibility index (Phi) is 9.51. The zero-order valence-electron chi connectivity index (χ0n) is 22.5. The molecule has 1 aliphatic rings. The SMILES string of the molecule is NC(N)=[NH+]CCCCCc1ccc2c(c1)C(=O)N(CCC(=O)O)CC(=O)N2C(c1ccccc1)c1ccccc1. The largest absolute Gasteiger partial charge is 0.481 e. The number of hydrogen-bond acceptors (Lipinski definition) is 3. The lowest BCUT2D eigenvalue weighted by Crippen LogP contribution is -2.78. The third kappa shape index (κ3) is 7.05. The van der Waals surface area contributed by atoms with Crippen LogP contribution in [0.25, 0.3) is 0 Å². The van der Waals surface area contributed by atoms with E-state index in [2.05, 4.69) is 4.99 Å². The molecule has 9 nitrogen and oxygen atoms in total. The summed E-state index contributed by atoms with van der Waals surface area (Å²) in [5.41, 5.74) is 14.6. The summed E-state index contributed by atoms with van der Waals surface area (Å²) >= 11 is 0. The summed E-state index contributed by atoms with van der Waals surface area (Å²) < 4.78 is 0. The highest BCUT2D eigenvalue weighted by molar-refractivity contribution is 6.10. The standard InChI is InChI=1S/C31H35N5O4/c32-31(33)34-18-9-3-4-10-22-15-16-26-25(20-22)30(40)35(19-17-28(38)39)21-27(37)36(26)29(23-11-5-1-6-12-23)24-13-7-2-8-14-24/h1-2,5-8,11-16,20,29H,3-4,9-10,17-19,21H2,(H,38,39)(H4,32,33,34)/p+1. The molecule has 0 saturated carbocycles. The van der Waals surface area contributed by atoms with Crippen LogP contribution in [0.4, 0.5) is 5.69 Å². The Balaban J connectivity index is 1.72. The van der Waals surface area contributed by atoms with E-state index in [1.807, 2.05) is 78.9 Å². The van der Waals surface area contributed by atoms with Gasteiger partial charge in [0.25, 0.3) is 5.91 Å². The van der Waals surface area contributed by atoms with E-state index in [1.165, 1.54) is 4.90 Å². The first-order valence-electron chi connectivity index (χ1n) is 13.5. The van der Waals surface area contributed by atoms with Gasteiger partial charge in [-0.15, -0.1) is 0 Å².